The summed E-state index contributed by atoms with van der Waals surface area (Å²) >= 11 is 1.86. The molecule has 0 bridgehead atoms. The Morgan fingerprint density at radius 1 is 0.339 bits per heavy atom. The van der Waals surface area contributed by atoms with E-state index in [1.54, 1.807) is 0 Å². The van der Waals surface area contributed by atoms with Crippen molar-refractivity contribution < 1.29 is 4.42 Å². The van der Waals surface area contributed by atoms with Crippen LogP contribution in [0.1, 0.15) is 0 Å². The van der Waals surface area contributed by atoms with Crippen molar-refractivity contribution in [2.24, 2.45) is 0 Å². The van der Waals surface area contributed by atoms with Gasteiger partial charge in [-0.1, -0.05) is 152 Å². The highest BCUT2D eigenvalue weighted by Gasteiger charge is 2.19. The number of anilines is 3. The Kier molecular flexibility index (Phi) is 7.75. The maximum Gasteiger partial charge on any atom is 0.143 e. The molecule has 0 saturated heterocycles. The molecule has 0 radical (unpaired) electrons. The van der Waals surface area contributed by atoms with Crippen LogP contribution in [0.15, 0.2) is 217 Å². The summed E-state index contributed by atoms with van der Waals surface area (Å²) in [4.78, 5) is 2.38. The molecule has 2 heterocycles. The third-order valence-corrected chi connectivity index (χ3v) is 13.0. The minimum atomic E-state index is 0.893. The molecular formula is C56H35NOS. The number of thiophene rings is 1. The van der Waals surface area contributed by atoms with Crippen molar-refractivity contribution >= 4 is 92.1 Å². The van der Waals surface area contributed by atoms with E-state index in [0.29, 0.717) is 0 Å². The van der Waals surface area contributed by atoms with Gasteiger partial charge < -0.3 is 9.32 Å². The van der Waals surface area contributed by atoms with Crippen LogP contribution in [0.5, 0.6) is 0 Å². The fraction of sp³-hybridized carbons (Fsp3) is 0. The second kappa shape index (κ2) is 13.6. The summed E-state index contributed by atoms with van der Waals surface area (Å²) in [5, 5.41) is 9.70. The lowest BCUT2D eigenvalue weighted by Gasteiger charge is -2.26. The first-order valence-corrected chi connectivity index (χ1v) is 20.9. The van der Waals surface area contributed by atoms with Crippen LogP contribution in [-0.4, -0.2) is 0 Å². The Morgan fingerprint density at radius 3 is 1.71 bits per heavy atom. The largest absolute Gasteiger partial charge is 0.455 e. The quantitative estimate of drug-likeness (QED) is 0.167. The number of hydrogen-bond acceptors (Lipinski definition) is 3. The van der Waals surface area contributed by atoms with Gasteiger partial charge in [0.15, 0.2) is 0 Å². The average molecular weight is 770 g/mol. The lowest BCUT2D eigenvalue weighted by Crippen LogP contribution is -2.10. The molecular weight excluding hydrogens is 735 g/mol. The van der Waals surface area contributed by atoms with Gasteiger partial charge in [0, 0.05) is 53.4 Å². The molecule has 0 aliphatic carbocycles. The molecule has 276 valence electrons. The highest BCUT2D eigenvalue weighted by molar-refractivity contribution is 7.25. The van der Waals surface area contributed by atoms with Crippen molar-refractivity contribution in [2.75, 3.05) is 4.90 Å². The van der Waals surface area contributed by atoms with Gasteiger partial charge in [0.25, 0.3) is 0 Å². The zero-order valence-electron chi connectivity index (χ0n) is 32.0. The number of benzene rings is 10. The van der Waals surface area contributed by atoms with Crippen LogP contribution in [0.25, 0.3) is 97.0 Å². The Bertz CT molecular complexity index is 3550. The topological polar surface area (TPSA) is 16.4 Å². The van der Waals surface area contributed by atoms with Crippen molar-refractivity contribution in [1.29, 1.82) is 0 Å². The molecule has 10 aromatic carbocycles. The van der Waals surface area contributed by atoms with E-state index < -0.39 is 0 Å². The molecule has 0 saturated carbocycles. The van der Waals surface area contributed by atoms with Crippen LogP contribution >= 0.6 is 11.3 Å². The van der Waals surface area contributed by atoms with E-state index in [1.165, 1.54) is 58.6 Å². The Labute approximate surface area is 345 Å². The maximum absolute atomic E-state index is 6.60. The van der Waals surface area contributed by atoms with E-state index in [0.717, 1.165) is 55.5 Å². The molecule has 3 heteroatoms. The van der Waals surface area contributed by atoms with Gasteiger partial charge in [-0.3, -0.25) is 0 Å². The van der Waals surface area contributed by atoms with Gasteiger partial charge in [0.2, 0.25) is 0 Å². The molecule has 2 nitrogen and oxygen atoms in total. The highest BCUT2D eigenvalue weighted by Crippen LogP contribution is 2.44. The summed E-state index contributed by atoms with van der Waals surface area (Å²) in [6.07, 6.45) is 0. The number of fused-ring (bicyclic) bond motifs is 9. The normalized spacial score (nSPS) is 11.7. The highest BCUT2D eigenvalue weighted by atomic mass is 32.1. The van der Waals surface area contributed by atoms with Gasteiger partial charge in [0.05, 0.1) is 0 Å². The van der Waals surface area contributed by atoms with Crippen molar-refractivity contribution in [3.63, 3.8) is 0 Å². The van der Waals surface area contributed by atoms with Crippen molar-refractivity contribution in [2.45, 2.75) is 0 Å². The summed E-state index contributed by atoms with van der Waals surface area (Å²) < 4.78 is 9.23. The lowest BCUT2D eigenvalue weighted by molar-refractivity contribution is 0.673. The monoisotopic (exact) mass is 769 g/mol. The second-order valence-corrected chi connectivity index (χ2v) is 16.3. The van der Waals surface area contributed by atoms with Crippen LogP contribution in [0, 0.1) is 0 Å². The molecule has 59 heavy (non-hydrogen) atoms. The fourth-order valence-electron chi connectivity index (χ4n) is 9.13. The minimum absolute atomic E-state index is 0.893. The Hall–Kier alpha value is -7.46. The van der Waals surface area contributed by atoms with Gasteiger partial charge in [-0.25, -0.2) is 0 Å². The average Bonchev–Trinajstić information content (AvgIpc) is 3.89. The van der Waals surface area contributed by atoms with Crippen molar-refractivity contribution in [3.05, 3.63) is 212 Å². The summed E-state index contributed by atoms with van der Waals surface area (Å²) in [5.41, 5.74) is 12.2. The summed E-state index contributed by atoms with van der Waals surface area (Å²) in [5.74, 6) is 0. The fourth-order valence-corrected chi connectivity index (χ4v) is 10.3. The predicted molar refractivity (Wildman–Crippen MR) is 253 cm³/mol. The van der Waals surface area contributed by atoms with E-state index in [1.807, 2.05) is 11.3 Å². The van der Waals surface area contributed by atoms with Gasteiger partial charge in [-0.2, -0.15) is 0 Å². The van der Waals surface area contributed by atoms with Crippen LogP contribution in [0.4, 0.5) is 17.1 Å². The Balaban J connectivity index is 1.00. The molecule has 0 amide bonds. The maximum atomic E-state index is 6.60. The first kappa shape index (κ1) is 33.7. The molecule has 12 rings (SSSR count). The van der Waals surface area contributed by atoms with Gasteiger partial charge in [0.1, 0.15) is 11.2 Å². The number of nitrogens with zero attached hydrogens (tertiary/aromatic N) is 1. The van der Waals surface area contributed by atoms with Crippen LogP contribution in [0.3, 0.4) is 0 Å². The predicted octanol–water partition coefficient (Wildman–Crippen LogP) is 16.7. The van der Waals surface area contributed by atoms with Gasteiger partial charge >= 0.3 is 0 Å². The summed E-state index contributed by atoms with van der Waals surface area (Å²) in [6.45, 7) is 0. The zero-order valence-corrected chi connectivity index (χ0v) is 32.8. The minimum Gasteiger partial charge on any atom is -0.455 e. The number of rotatable bonds is 6. The number of furan rings is 1. The Morgan fingerprint density at radius 2 is 0.915 bits per heavy atom. The van der Waals surface area contributed by atoms with E-state index in [9.17, 15) is 0 Å². The third kappa shape index (κ3) is 5.55. The molecule has 0 unspecified atom stereocenters. The van der Waals surface area contributed by atoms with Gasteiger partial charge in [-0.05, 0) is 110 Å². The molecule has 0 N–H and O–H groups in total. The molecule has 0 fully saturated rings. The lowest BCUT2D eigenvalue weighted by atomic mass is 9.97. The first-order valence-electron chi connectivity index (χ1n) is 20.1. The molecule has 12 aromatic rings. The van der Waals surface area contributed by atoms with E-state index in [4.69, 9.17) is 4.42 Å². The third-order valence-electron chi connectivity index (χ3n) is 11.9. The summed E-state index contributed by atoms with van der Waals surface area (Å²) in [6, 6.07) is 76.9. The van der Waals surface area contributed by atoms with Crippen LogP contribution in [0.2, 0.25) is 0 Å². The summed E-state index contributed by atoms with van der Waals surface area (Å²) in [7, 11) is 0. The van der Waals surface area contributed by atoms with E-state index in [2.05, 4.69) is 217 Å². The van der Waals surface area contributed by atoms with Gasteiger partial charge in [-0.15, -0.1) is 11.3 Å². The van der Waals surface area contributed by atoms with E-state index in [-0.39, 0.29) is 0 Å². The van der Waals surface area contributed by atoms with Crippen LogP contribution < -0.4 is 4.90 Å². The zero-order chi connectivity index (χ0) is 38.9. The molecule has 0 aliphatic rings. The van der Waals surface area contributed by atoms with E-state index >= 15 is 0 Å². The molecule has 2 aromatic heterocycles. The smallest absolute Gasteiger partial charge is 0.143 e. The van der Waals surface area contributed by atoms with Crippen LogP contribution in [-0.2, 0) is 0 Å². The number of hydrogen-bond donors (Lipinski definition) is 0. The molecule has 0 spiro atoms. The standard InChI is InChI=1S/C56H35NOS/c1-3-16-44-36(11-1)13-8-19-45(44)38-25-30-41(31-26-38)57(42-32-27-39(28-33-42)46-21-10-24-53-55(46)49-18-5-6-23-52(49)59-53)43-15-7-14-40(35-43)47-20-9-22-51-54(47)50-34-29-37-12-2-4-17-48(37)56(50)58-51/h1-35H. The SMILES string of the molecule is c1cc(-c2cccc3oc4c5ccccc5ccc4c23)cc(N(c2ccc(-c3cccc4ccccc34)cc2)c2ccc(-c3cccc4sc5ccccc5c34)cc2)c1. The first-order chi connectivity index (χ1) is 29.2. The molecule has 0 aliphatic heterocycles. The van der Waals surface area contributed by atoms with Crippen molar-refractivity contribution in [1.82, 2.24) is 0 Å². The van der Waals surface area contributed by atoms with Crippen molar-refractivity contribution in [3.8, 4) is 33.4 Å². The molecule has 0 atom stereocenters. The second-order valence-electron chi connectivity index (χ2n) is 15.2.